The molecule has 92 valence electrons. The van der Waals surface area contributed by atoms with Crippen molar-refractivity contribution in [3.63, 3.8) is 0 Å². The average molecular weight is 255 g/mol. The molecule has 1 aromatic heterocycles. The molecule has 0 saturated carbocycles. The number of thiazole rings is 1. The Hall–Kier alpha value is -1.47. The van der Waals surface area contributed by atoms with Crippen molar-refractivity contribution in [3.05, 3.63) is 16.1 Å². The highest BCUT2D eigenvalue weighted by Crippen LogP contribution is 2.21. The molecule has 1 aromatic rings. The standard InChI is InChI=1S/C10H13N3O3S/c1-6-12-7(4-17-6)8(14)13-3-2-10(11,5-13)9(15)16/h4H,2-3,5,11H2,1H3,(H,15,16). The van der Waals surface area contributed by atoms with Crippen LogP contribution in [0.4, 0.5) is 0 Å². The van der Waals surface area contributed by atoms with E-state index in [1.807, 2.05) is 6.92 Å². The Labute approximate surface area is 102 Å². The summed E-state index contributed by atoms with van der Waals surface area (Å²) in [6, 6.07) is 0. The molecule has 1 aliphatic heterocycles. The normalized spacial score (nSPS) is 24.0. The number of carbonyl (C=O) groups excluding carboxylic acids is 1. The third kappa shape index (κ3) is 2.16. The number of carboxylic acid groups (broad SMARTS) is 1. The molecule has 1 fully saturated rings. The van der Waals surface area contributed by atoms with Gasteiger partial charge in [0.05, 0.1) is 5.01 Å². The summed E-state index contributed by atoms with van der Waals surface area (Å²) in [7, 11) is 0. The van der Waals surface area contributed by atoms with Gasteiger partial charge in [-0.25, -0.2) is 4.98 Å². The monoisotopic (exact) mass is 255 g/mol. The zero-order valence-electron chi connectivity index (χ0n) is 9.34. The van der Waals surface area contributed by atoms with Gasteiger partial charge in [-0.3, -0.25) is 9.59 Å². The molecule has 0 aromatic carbocycles. The van der Waals surface area contributed by atoms with Crippen LogP contribution in [-0.2, 0) is 4.79 Å². The van der Waals surface area contributed by atoms with Crippen molar-refractivity contribution >= 4 is 23.2 Å². The number of aromatic nitrogens is 1. The number of hydrogen-bond acceptors (Lipinski definition) is 5. The van der Waals surface area contributed by atoms with Crippen LogP contribution in [0, 0.1) is 6.92 Å². The van der Waals surface area contributed by atoms with Gasteiger partial charge in [-0.2, -0.15) is 0 Å². The molecule has 0 spiro atoms. The number of aryl methyl sites for hydroxylation is 1. The molecule has 1 aliphatic rings. The number of aliphatic carboxylic acids is 1. The third-order valence-electron chi connectivity index (χ3n) is 2.85. The van der Waals surface area contributed by atoms with Crippen LogP contribution in [0.3, 0.4) is 0 Å². The van der Waals surface area contributed by atoms with Gasteiger partial charge >= 0.3 is 5.97 Å². The Morgan fingerprint density at radius 1 is 1.65 bits per heavy atom. The fourth-order valence-electron chi connectivity index (χ4n) is 1.80. The molecule has 2 heterocycles. The predicted octanol–water partition coefficient (Wildman–Crippen LogP) is 0.0795. The van der Waals surface area contributed by atoms with Crippen molar-refractivity contribution in [1.29, 1.82) is 0 Å². The average Bonchev–Trinajstić information content (AvgIpc) is 2.85. The molecule has 1 unspecified atom stereocenters. The van der Waals surface area contributed by atoms with Gasteiger partial charge in [0.1, 0.15) is 11.2 Å². The fraction of sp³-hybridized carbons (Fsp3) is 0.500. The summed E-state index contributed by atoms with van der Waals surface area (Å²) < 4.78 is 0. The third-order valence-corrected chi connectivity index (χ3v) is 3.63. The Kier molecular flexibility index (Phi) is 2.88. The maximum absolute atomic E-state index is 12.0. The number of nitrogens with two attached hydrogens (primary N) is 1. The number of likely N-dealkylation sites (tertiary alicyclic amines) is 1. The minimum atomic E-state index is -1.32. The van der Waals surface area contributed by atoms with Crippen LogP contribution < -0.4 is 5.73 Å². The van der Waals surface area contributed by atoms with E-state index in [4.69, 9.17) is 10.8 Å². The summed E-state index contributed by atoms with van der Waals surface area (Å²) in [5.41, 5.74) is 4.75. The summed E-state index contributed by atoms with van der Waals surface area (Å²) in [4.78, 5) is 28.5. The SMILES string of the molecule is Cc1nc(C(=O)N2CCC(N)(C(=O)O)C2)cs1. The van der Waals surface area contributed by atoms with E-state index in [9.17, 15) is 9.59 Å². The van der Waals surface area contributed by atoms with Crippen molar-refractivity contribution in [3.8, 4) is 0 Å². The Morgan fingerprint density at radius 3 is 2.82 bits per heavy atom. The number of carboxylic acids is 1. The topological polar surface area (TPSA) is 96.5 Å². The molecule has 0 aliphatic carbocycles. The zero-order chi connectivity index (χ0) is 12.6. The molecule has 0 radical (unpaired) electrons. The van der Waals surface area contributed by atoms with Gasteiger partial charge in [0.15, 0.2) is 0 Å². The highest BCUT2D eigenvalue weighted by molar-refractivity contribution is 7.09. The van der Waals surface area contributed by atoms with E-state index < -0.39 is 11.5 Å². The van der Waals surface area contributed by atoms with E-state index in [0.29, 0.717) is 12.2 Å². The van der Waals surface area contributed by atoms with Gasteiger partial charge in [-0.1, -0.05) is 0 Å². The van der Waals surface area contributed by atoms with Gasteiger partial charge < -0.3 is 15.7 Å². The number of carbonyl (C=O) groups is 2. The van der Waals surface area contributed by atoms with Crippen LogP contribution in [-0.4, -0.2) is 45.5 Å². The predicted molar refractivity (Wildman–Crippen MR) is 61.9 cm³/mol. The highest BCUT2D eigenvalue weighted by Gasteiger charge is 2.43. The quantitative estimate of drug-likeness (QED) is 0.780. The lowest BCUT2D eigenvalue weighted by Crippen LogP contribution is -2.50. The second-order valence-electron chi connectivity index (χ2n) is 4.19. The number of nitrogens with zero attached hydrogens (tertiary/aromatic N) is 2. The maximum Gasteiger partial charge on any atom is 0.325 e. The maximum atomic E-state index is 12.0. The van der Waals surface area contributed by atoms with Gasteiger partial charge in [0.25, 0.3) is 5.91 Å². The Balaban J connectivity index is 2.11. The lowest BCUT2D eigenvalue weighted by Gasteiger charge is -2.19. The lowest BCUT2D eigenvalue weighted by atomic mass is 10.0. The van der Waals surface area contributed by atoms with E-state index in [1.54, 1.807) is 5.38 Å². The van der Waals surface area contributed by atoms with Gasteiger partial charge in [0, 0.05) is 18.5 Å². The molecule has 1 amide bonds. The smallest absolute Gasteiger partial charge is 0.325 e. The number of hydrogen-bond donors (Lipinski definition) is 2. The molecular formula is C10H13N3O3S. The number of rotatable bonds is 2. The van der Waals surface area contributed by atoms with E-state index in [2.05, 4.69) is 4.98 Å². The first-order valence-corrected chi connectivity index (χ1v) is 6.04. The largest absolute Gasteiger partial charge is 0.480 e. The Bertz CT molecular complexity index is 473. The first-order valence-electron chi connectivity index (χ1n) is 5.16. The second-order valence-corrected chi connectivity index (χ2v) is 5.25. The van der Waals surface area contributed by atoms with Crippen molar-refractivity contribution < 1.29 is 14.7 Å². The minimum Gasteiger partial charge on any atom is -0.480 e. The van der Waals surface area contributed by atoms with E-state index in [-0.39, 0.29) is 18.9 Å². The van der Waals surface area contributed by atoms with Crippen LogP contribution in [0.25, 0.3) is 0 Å². The molecule has 3 N–H and O–H groups in total. The van der Waals surface area contributed by atoms with Gasteiger partial charge in [0.2, 0.25) is 0 Å². The van der Waals surface area contributed by atoms with Gasteiger partial charge in [-0.15, -0.1) is 11.3 Å². The molecular weight excluding hydrogens is 242 g/mol. The summed E-state index contributed by atoms with van der Waals surface area (Å²) in [5, 5.41) is 11.5. The molecule has 7 heteroatoms. The lowest BCUT2D eigenvalue weighted by molar-refractivity contribution is -0.142. The Morgan fingerprint density at radius 2 is 2.35 bits per heavy atom. The van der Waals surface area contributed by atoms with Crippen LogP contribution in [0.5, 0.6) is 0 Å². The van der Waals surface area contributed by atoms with Crippen molar-refractivity contribution in [2.45, 2.75) is 18.9 Å². The van der Waals surface area contributed by atoms with Crippen LogP contribution in [0.15, 0.2) is 5.38 Å². The second kappa shape index (κ2) is 4.08. The van der Waals surface area contributed by atoms with E-state index in [1.165, 1.54) is 16.2 Å². The number of amides is 1. The molecule has 2 rings (SSSR count). The fourth-order valence-corrected chi connectivity index (χ4v) is 2.39. The van der Waals surface area contributed by atoms with Crippen molar-refractivity contribution in [1.82, 2.24) is 9.88 Å². The van der Waals surface area contributed by atoms with Crippen LogP contribution in [0.1, 0.15) is 21.9 Å². The summed E-state index contributed by atoms with van der Waals surface area (Å²) in [6.07, 6.45) is 0.275. The van der Waals surface area contributed by atoms with Crippen molar-refractivity contribution in [2.24, 2.45) is 5.73 Å². The van der Waals surface area contributed by atoms with Gasteiger partial charge in [-0.05, 0) is 13.3 Å². The van der Waals surface area contributed by atoms with E-state index >= 15 is 0 Å². The molecule has 0 bridgehead atoms. The zero-order valence-corrected chi connectivity index (χ0v) is 10.2. The molecule has 1 saturated heterocycles. The van der Waals surface area contributed by atoms with Crippen LogP contribution >= 0.6 is 11.3 Å². The summed E-state index contributed by atoms with van der Waals surface area (Å²) >= 11 is 1.39. The first-order chi connectivity index (χ1) is 7.92. The minimum absolute atomic E-state index is 0.0394. The highest BCUT2D eigenvalue weighted by atomic mass is 32.1. The summed E-state index contributed by atoms with van der Waals surface area (Å²) in [5.74, 6) is -1.31. The van der Waals surface area contributed by atoms with E-state index in [0.717, 1.165) is 5.01 Å². The molecule has 1 atom stereocenters. The molecule has 6 nitrogen and oxygen atoms in total. The van der Waals surface area contributed by atoms with Crippen LogP contribution in [0.2, 0.25) is 0 Å². The summed E-state index contributed by atoms with van der Waals surface area (Å²) in [6.45, 7) is 2.21. The van der Waals surface area contributed by atoms with Crippen molar-refractivity contribution in [2.75, 3.05) is 13.1 Å². The first kappa shape index (κ1) is 12.0. The molecule has 17 heavy (non-hydrogen) atoms.